The average molecular weight is 358 g/mol. The Hall–Kier alpha value is -1.15. The summed E-state index contributed by atoms with van der Waals surface area (Å²) in [6.07, 6.45) is 1.95. The number of methoxy groups -OCH3 is 1. The van der Waals surface area contributed by atoms with Crippen LogP contribution in [0.15, 0.2) is 0 Å². The molecule has 0 aromatic carbocycles. The predicted octanol–water partition coefficient (Wildman–Crippen LogP) is 0.660. The number of aromatic nitrogens is 2. The number of carbonyl (C=O) groups is 1. The molecule has 1 atom stereocenters. The first-order valence-corrected chi connectivity index (χ1v) is 8.53. The smallest absolute Gasteiger partial charge is 0.274 e. The lowest BCUT2D eigenvalue weighted by atomic mass is 10.0. The summed E-state index contributed by atoms with van der Waals surface area (Å²) in [5, 5.41) is 10.7. The minimum absolute atomic E-state index is 0. The zero-order valence-corrected chi connectivity index (χ0v) is 15.3. The molecule has 3 heterocycles. The Labute approximate surface area is 149 Å². The van der Waals surface area contributed by atoms with Gasteiger partial charge in [-0.15, -0.1) is 12.4 Å². The topological polar surface area (TPSA) is 73.5 Å². The van der Waals surface area contributed by atoms with Gasteiger partial charge in [0.1, 0.15) is 0 Å². The van der Waals surface area contributed by atoms with Crippen LogP contribution in [0.25, 0.3) is 0 Å². The maximum atomic E-state index is 12.9. The molecule has 1 aromatic rings. The van der Waals surface area contributed by atoms with Crippen molar-refractivity contribution in [3.05, 3.63) is 17.0 Å². The van der Waals surface area contributed by atoms with E-state index in [1.165, 1.54) is 0 Å². The van der Waals surface area contributed by atoms with Crippen molar-refractivity contribution in [2.75, 3.05) is 46.4 Å². The van der Waals surface area contributed by atoms with Crippen molar-refractivity contribution in [3.8, 4) is 0 Å². The van der Waals surface area contributed by atoms with Crippen LogP contribution in [0.1, 0.15) is 35.1 Å². The highest BCUT2D eigenvalue weighted by molar-refractivity contribution is 5.94. The molecule has 1 fully saturated rings. The Kier molecular flexibility index (Phi) is 7.03. The summed E-state index contributed by atoms with van der Waals surface area (Å²) in [5.74, 6) is 0.0658. The van der Waals surface area contributed by atoms with Crippen molar-refractivity contribution >= 4 is 18.3 Å². The number of ether oxygens (including phenoxy) is 1. The lowest BCUT2D eigenvalue weighted by Gasteiger charge is -2.41. The number of aromatic amines is 1. The van der Waals surface area contributed by atoms with Gasteiger partial charge in [-0.05, 0) is 6.42 Å². The van der Waals surface area contributed by atoms with Crippen molar-refractivity contribution in [2.45, 2.75) is 32.4 Å². The normalized spacial score (nSPS) is 21.2. The van der Waals surface area contributed by atoms with Crippen LogP contribution < -0.4 is 5.32 Å². The molecule has 2 aliphatic rings. The first kappa shape index (κ1) is 19.2. The second-order valence-corrected chi connectivity index (χ2v) is 6.30. The molecule has 0 spiro atoms. The van der Waals surface area contributed by atoms with Gasteiger partial charge < -0.3 is 15.0 Å². The summed E-state index contributed by atoms with van der Waals surface area (Å²) < 4.78 is 5.19. The van der Waals surface area contributed by atoms with Crippen molar-refractivity contribution in [1.82, 2.24) is 25.3 Å². The summed E-state index contributed by atoms with van der Waals surface area (Å²) in [4.78, 5) is 17.3. The molecule has 1 amide bonds. The van der Waals surface area contributed by atoms with E-state index in [9.17, 15) is 4.79 Å². The quantitative estimate of drug-likeness (QED) is 0.810. The molecule has 0 bridgehead atoms. The average Bonchev–Trinajstić information content (AvgIpc) is 3.03. The van der Waals surface area contributed by atoms with Gasteiger partial charge in [-0.1, -0.05) is 6.92 Å². The summed E-state index contributed by atoms with van der Waals surface area (Å²) in [7, 11) is 1.73. The van der Waals surface area contributed by atoms with E-state index in [2.05, 4.69) is 27.3 Å². The molecular formula is C16H28ClN5O2. The molecule has 0 radical (unpaired) electrons. The molecule has 24 heavy (non-hydrogen) atoms. The molecule has 8 heteroatoms. The Morgan fingerprint density at radius 2 is 2.25 bits per heavy atom. The van der Waals surface area contributed by atoms with Gasteiger partial charge in [-0.25, -0.2) is 0 Å². The van der Waals surface area contributed by atoms with Crippen LogP contribution in [-0.2, 0) is 17.7 Å². The Bertz CT molecular complexity index is 551. The lowest BCUT2D eigenvalue weighted by Crippen LogP contribution is -2.55. The lowest BCUT2D eigenvalue weighted by molar-refractivity contribution is 0.0379. The fourth-order valence-corrected chi connectivity index (χ4v) is 3.52. The third-order valence-electron chi connectivity index (χ3n) is 4.95. The summed E-state index contributed by atoms with van der Waals surface area (Å²) in [6, 6.07) is 0.399. The number of hydrogen-bond acceptors (Lipinski definition) is 5. The monoisotopic (exact) mass is 357 g/mol. The third-order valence-corrected chi connectivity index (χ3v) is 4.95. The zero-order chi connectivity index (χ0) is 16.2. The zero-order valence-electron chi connectivity index (χ0n) is 14.5. The minimum Gasteiger partial charge on any atom is -0.383 e. The first-order chi connectivity index (χ1) is 11.2. The molecular weight excluding hydrogens is 330 g/mol. The largest absolute Gasteiger partial charge is 0.383 e. The van der Waals surface area contributed by atoms with Gasteiger partial charge in [-0.3, -0.25) is 14.8 Å². The van der Waals surface area contributed by atoms with E-state index in [1.54, 1.807) is 7.11 Å². The molecule has 2 aliphatic heterocycles. The fraction of sp³-hybridized carbons (Fsp3) is 0.750. The number of nitrogens with one attached hydrogen (secondary N) is 2. The van der Waals surface area contributed by atoms with Gasteiger partial charge in [0.25, 0.3) is 5.91 Å². The number of nitrogens with zero attached hydrogens (tertiary/aromatic N) is 3. The number of rotatable bonds is 5. The number of fused-ring (bicyclic) bond motifs is 1. The van der Waals surface area contributed by atoms with Crippen LogP contribution in [0, 0.1) is 0 Å². The SMILES string of the molecule is CCC1CN(C(=O)c2n[nH]c3c2CNCC3)CCN1CCOC.Cl. The number of piperazine rings is 1. The molecule has 1 unspecified atom stereocenters. The summed E-state index contributed by atoms with van der Waals surface area (Å²) in [6.45, 7) is 7.96. The van der Waals surface area contributed by atoms with E-state index < -0.39 is 0 Å². The van der Waals surface area contributed by atoms with Gasteiger partial charge in [-0.2, -0.15) is 5.10 Å². The second kappa shape index (κ2) is 8.80. The Balaban J connectivity index is 0.00000208. The Morgan fingerprint density at radius 1 is 1.42 bits per heavy atom. The van der Waals surface area contributed by atoms with Crippen molar-refractivity contribution in [2.24, 2.45) is 0 Å². The number of H-pyrrole nitrogens is 1. The second-order valence-electron chi connectivity index (χ2n) is 6.30. The van der Waals surface area contributed by atoms with E-state index in [0.717, 1.165) is 70.0 Å². The highest BCUT2D eigenvalue weighted by Gasteiger charge is 2.31. The van der Waals surface area contributed by atoms with Crippen molar-refractivity contribution < 1.29 is 9.53 Å². The van der Waals surface area contributed by atoms with Crippen LogP contribution in [0.4, 0.5) is 0 Å². The van der Waals surface area contributed by atoms with Crippen molar-refractivity contribution in [1.29, 1.82) is 0 Å². The van der Waals surface area contributed by atoms with E-state index in [4.69, 9.17) is 4.74 Å². The van der Waals surface area contributed by atoms with E-state index in [-0.39, 0.29) is 18.3 Å². The van der Waals surface area contributed by atoms with Crippen LogP contribution in [0.3, 0.4) is 0 Å². The van der Waals surface area contributed by atoms with Crippen LogP contribution in [-0.4, -0.2) is 78.4 Å². The van der Waals surface area contributed by atoms with Crippen LogP contribution >= 0.6 is 12.4 Å². The highest BCUT2D eigenvalue weighted by atomic mass is 35.5. The van der Waals surface area contributed by atoms with Gasteiger partial charge in [0.15, 0.2) is 5.69 Å². The summed E-state index contributed by atoms with van der Waals surface area (Å²) >= 11 is 0. The van der Waals surface area contributed by atoms with E-state index in [0.29, 0.717) is 11.7 Å². The van der Waals surface area contributed by atoms with Gasteiger partial charge in [0, 0.05) is 70.1 Å². The van der Waals surface area contributed by atoms with Gasteiger partial charge >= 0.3 is 0 Å². The molecule has 3 rings (SSSR count). The molecule has 0 saturated carbocycles. The van der Waals surface area contributed by atoms with Crippen LogP contribution in [0.5, 0.6) is 0 Å². The fourth-order valence-electron chi connectivity index (χ4n) is 3.52. The highest BCUT2D eigenvalue weighted by Crippen LogP contribution is 2.20. The Morgan fingerprint density at radius 3 is 3.00 bits per heavy atom. The standard InChI is InChI=1S/C16H27N5O2.ClH/c1-3-12-11-21(7-6-20(12)8-9-23-2)16(22)15-13-10-17-5-4-14(13)18-19-15;/h12,17H,3-11H2,1-2H3,(H,18,19);1H. The molecule has 7 nitrogen and oxygen atoms in total. The van der Waals surface area contributed by atoms with Crippen LogP contribution in [0.2, 0.25) is 0 Å². The van der Waals surface area contributed by atoms with Gasteiger partial charge in [0.2, 0.25) is 0 Å². The molecule has 2 N–H and O–H groups in total. The van der Waals surface area contributed by atoms with Gasteiger partial charge in [0.05, 0.1) is 6.61 Å². The summed E-state index contributed by atoms with van der Waals surface area (Å²) in [5.41, 5.74) is 2.77. The molecule has 0 aliphatic carbocycles. The number of hydrogen-bond donors (Lipinski definition) is 2. The molecule has 136 valence electrons. The third kappa shape index (κ3) is 3.91. The maximum Gasteiger partial charge on any atom is 0.274 e. The maximum absolute atomic E-state index is 12.9. The van der Waals surface area contributed by atoms with Crippen molar-refractivity contribution in [3.63, 3.8) is 0 Å². The molecule has 1 aromatic heterocycles. The first-order valence-electron chi connectivity index (χ1n) is 8.53. The number of carbonyl (C=O) groups excluding carboxylic acids is 1. The molecule has 1 saturated heterocycles. The minimum atomic E-state index is 0. The van der Waals surface area contributed by atoms with E-state index in [1.807, 2.05) is 4.90 Å². The predicted molar refractivity (Wildman–Crippen MR) is 94.7 cm³/mol. The van der Waals surface area contributed by atoms with E-state index >= 15 is 0 Å². The number of amides is 1. The number of halogens is 1.